The minimum atomic E-state index is -1.13. The summed E-state index contributed by atoms with van der Waals surface area (Å²) in [6, 6.07) is 21.4. The Morgan fingerprint density at radius 3 is 2.28 bits per heavy atom. The lowest BCUT2D eigenvalue weighted by Crippen LogP contribution is -2.55. The maximum atomic E-state index is 14.3. The molecule has 0 unspecified atom stereocenters. The van der Waals surface area contributed by atoms with E-state index in [9.17, 15) is 24.0 Å². The molecular formula is C42H51N11O5. The number of guanidine groups is 1. The van der Waals surface area contributed by atoms with Gasteiger partial charge in [-0.1, -0.05) is 66.7 Å². The Morgan fingerprint density at radius 1 is 0.810 bits per heavy atom. The zero-order chi connectivity index (χ0) is 41.4. The molecule has 16 heteroatoms. The number of primary amides is 1. The predicted octanol–water partition coefficient (Wildman–Crippen LogP) is 2.00. The van der Waals surface area contributed by atoms with Crippen LogP contribution in [0.25, 0.3) is 22.2 Å². The molecular weight excluding hydrogens is 739 g/mol. The normalized spacial score (nSPS) is 18.6. The van der Waals surface area contributed by atoms with Crippen molar-refractivity contribution in [2.24, 2.45) is 27.9 Å². The van der Waals surface area contributed by atoms with E-state index < -0.39 is 54.2 Å². The number of nitrogens with zero attached hydrogens (tertiary/aromatic N) is 2. The number of nitrogens with two attached hydrogens (primary N) is 4. The number of amides is 5. The standard InChI is InChI=1S/C42H51N11O5/c43-22-7-6-16-32-40(57)48-25-36(54)50-31(38(44)55)15-5-4-10-26-18-20-27(21-19-26)34-24-35(49-28-11-2-1-3-12-28)29-13-8-14-30(37(29)51-34)39(56)52-33(41(58)53-32)17-9-23-47-42(45)46/h1-5,8,11-14,18-21,24,31-33H,6-7,9-10,15-17,22-23,25,43H2,(H2,44,55)(H,48,57)(H,49,51)(H,50,54)(H,52,56)(H,53,58)(H4,45,46,47)/b5-4+/t31-,32-,33-/m0/s1. The van der Waals surface area contributed by atoms with Gasteiger partial charge in [-0.2, -0.15) is 0 Å². The summed E-state index contributed by atoms with van der Waals surface area (Å²) in [5, 5.41) is 14.9. The van der Waals surface area contributed by atoms with Crippen molar-refractivity contribution in [2.45, 2.75) is 63.1 Å². The second kappa shape index (κ2) is 20.9. The summed E-state index contributed by atoms with van der Waals surface area (Å²) >= 11 is 0. The van der Waals surface area contributed by atoms with Crippen LogP contribution >= 0.6 is 0 Å². The fourth-order valence-corrected chi connectivity index (χ4v) is 6.45. The van der Waals surface area contributed by atoms with Gasteiger partial charge in [-0.3, -0.25) is 29.0 Å². The van der Waals surface area contributed by atoms with Crippen LogP contribution in [0.4, 0.5) is 11.4 Å². The average molecular weight is 790 g/mol. The molecule has 2 aliphatic rings. The molecule has 6 rings (SSSR count). The number of nitrogens with one attached hydrogen (secondary N) is 5. The number of para-hydroxylation sites is 2. The first-order valence-electron chi connectivity index (χ1n) is 19.3. The Labute approximate surface area is 336 Å². The van der Waals surface area contributed by atoms with Crippen LogP contribution in [0.5, 0.6) is 0 Å². The van der Waals surface area contributed by atoms with Crippen LogP contribution in [0, 0.1) is 0 Å². The second-order valence-corrected chi connectivity index (χ2v) is 13.9. The summed E-state index contributed by atoms with van der Waals surface area (Å²) in [5.41, 5.74) is 26.9. The second-order valence-electron chi connectivity index (χ2n) is 13.9. The lowest BCUT2D eigenvalue weighted by molar-refractivity contribution is -0.131. The summed E-state index contributed by atoms with van der Waals surface area (Å²) in [4.78, 5) is 75.9. The van der Waals surface area contributed by atoms with Gasteiger partial charge in [-0.25, -0.2) is 4.98 Å². The summed E-state index contributed by atoms with van der Waals surface area (Å²) in [5.74, 6) is -3.32. The Hall–Kier alpha value is -6.81. The minimum Gasteiger partial charge on any atom is -0.370 e. The van der Waals surface area contributed by atoms with Crippen molar-refractivity contribution in [2.75, 3.05) is 25.0 Å². The third kappa shape index (κ3) is 12.1. The number of carbonyl (C=O) groups excluding carboxylic acids is 5. The number of rotatable bonds is 11. The maximum Gasteiger partial charge on any atom is 0.254 e. The van der Waals surface area contributed by atoms with E-state index in [-0.39, 0.29) is 37.3 Å². The Balaban J connectivity index is 1.57. The van der Waals surface area contributed by atoms with E-state index in [4.69, 9.17) is 27.9 Å². The zero-order valence-corrected chi connectivity index (χ0v) is 32.2. The van der Waals surface area contributed by atoms with Crippen LogP contribution in [0.1, 0.15) is 54.4 Å². The van der Waals surface area contributed by atoms with Crippen molar-refractivity contribution in [3.8, 4) is 11.3 Å². The molecule has 0 spiro atoms. The van der Waals surface area contributed by atoms with Crippen molar-refractivity contribution < 1.29 is 24.0 Å². The number of allylic oxidation sites excluding steroid dienone is 1. The minimum absolute atomic E-state index is 0.117. The molecule has 1 aromatic heterocycles. The van der Waals surface area contributed by atoms with E-state index >= 15 is 0 Å². The molecule has 0 saturated heterocycles. The third-order valence-electron chi connectivity index (χ3n) is 9.53. The quantitative estimate of drug-likeness (QED) is 0.0351. The van der Waals surface area contributed by atoms with Gasteiger partial charge >= 0.3 is 0 Å². The van der Waals surface area contributed by atoms with E-state index in [1.807, 2.05) is 72.8 Å². The van der Waals surface area contributed by atoms with Crippen molar-refractivity contribution in [3.63, 3.8) is 0 Å². The average Bonchev–Trinajstić information content (AvgIpc) is 3.21. The Kier molecular flexibility index (Phi) is 15.3. The van der Waals surface area contributed by atoms with Crippen molar-refractivity contribution in [1.82, 2.24) is 26.3 Å². The zero-order valence-electron chi connectivity index (χ0n) is 32.2. The first kappa shape index (κ1) is 42.3. The van der Waals surface area contributed by atoms with Crippen LogP contribution in [-0.4, -0.2) is 78.2 Å². The number of fused-ring (bicyclic) bond motifs is 16. The molecule has 4 bridgehead atoms. The van der Waals surface area contributed by atoms with Gasteiger partial charge in [-0.15, -0.1) is 0 Å². The summed E-state index contributed by atoms with van der Waals surface area (Å²) < 4.78 is 0. The first-order chi connectivity index (χ1) is 28.0. The van der Waals surface area contributed by atoms with Crippen molar-refractivity contribution in [3.05, 3.63) is 102 Å². The van der Waals surface area contributed by atoms with E-state index in [0.29, 0.717) is 54.5 Å². The molecule has 304 valence electrons. The number of benzene rings is 3. The van der Waals surface area contributed by atoms with Gasteiger partial charge in [0.1, 0.15) is 18.1 Å². The number of unbranched alkanes of at least 4 members (excludes halogenated alkanes) is 1. The molecule has 13 N–H and O–H groups in total. The van der Waals surface area contributed by atoms with Gasteiger partial charge in [0.05, 0.1) is 29.0 Å². The van der Waals surface area contributed by atoms with E-state index in [1.54, 1.807) is 18.2 Å². The summed E-state index contributed by atoms with van der Waals surface area (Å²) in [7, 11) is 0. The molecule has 0 aliphatic carbocycles. The molecule has 3 atom stereocenters. The highest BCUT2D eigenvalue weighted by atomic mass is 16.2. The third-order valence-corrected chi connectivity index (χ3v) is 9.53. The number of hydrogen-bond acceptors (Lipinski definition) is 9. The number of pyridine rings is 1. The van der Waals surface area contributed by atoms with Crippen LogP contribution < -0.4 is 49.5 Å². The number of aromatic nitrogens is 1. The number of hydrogen-bond donors (Lipinski definition) is 9. The number of carbonyl (C=O) groups is 5. The molecule has 3 aromatic carbocycles. The van der Waals surface area contributed by atoms with Gasteiger partial charge in [-0.05, 0) is 81.3 Å². The van der Waals surface area contributed by atoms with Gasteiger partial charge in [0.15, 0.2) is 5.96 Å². The maximum absolute atomic E-state index is 14.3. The molecule has 0 fully saturated rings. The topological polar surface area (TPSA) is 275 Å². The molecule has 0 saturated carbocycles. The number of anilines is 2. The number of aliphatic imine (C=N–C) groups is 1. The van der Waals surface area contributed by atoms with Crippen LogP contribution in [0.3, 0.4) is 0 Å². The molecule has 0 radical (unpaired) electrons. The van der Waals surface area contributed by atoms with E-state index in [2.05, 4.69) is 31.6 Å². The molecule has 4 aromatic rings. The molecule has 5 amide bonds. The smallest absolute Gasteiger partial charge is 0.254 e. The van der Waals surface area contributed by atoms with E-state index in [1.165, 1.54) is 0 Å². The highest BCUT2D eigenvalue weighted by Crippen LogP contribution is 2.32. The lowest BCUT2D eigenvalue weighted by atomic mass is 10.0. The van der Waals surface area contributed by atoms with Crippen molar-refractivity contribution >= 4 is 57.8 Å². The highest BCUT2D eigenvalue weighted by molar-refractivity contribution is 6.10. The largest absolute Gasteiger partial charge is 0.370 e. The monoisotopic (exact) mass is 789 g/mol. The van der Waals surface area contributed by atoms with Crippen molar-refractivity contribution in [1.29, 1.82) is 0 Å². The van der Waals surface area contributed by atoms with Gasteiger partial charge in [0.25, 0.3) is 5.91 Å². The highest BCUT2D eigenvalue weighted by Gasteiger charge is 2.28. The van der Waals surface area contributed by atoms with Crippen LogP contribution in [-0.2, 0) is 25.6 Å². The van der Waals surface area contributed by atoms with Crippen LogP contribution in [0.15, 0.2) is 96.0 Å². The van der Waals surface area contributed by atoms with Gasteiger partial charge in [0.2, 0.25) is 23.6 Å². The molecule has 58 heavy (non-hydrogen) atoms. The predicted molar refractivity (Wildman–Crippen MR) is 225 cm³/mol. The fourth-order valence-electron chi connectivity index (χ4n) is 6.45. The van der Waals surface area contributed by atoms with Gasteiger partial charge in [0, 0.05) is 23.2 Å². The Morgan fingerprint density at radius 2 is 1.55 bits per heavy atom. The Bertz CT molecular complexity index is 2140. The first-order valence-corrected chi connectivity index (χ1v) is 19.3. The molecule has 16 nitrogen and oxygen atoms in total. The fraction of sp³-hybridized carbons (Fsp3) is 0.310. The lowest BCUT2D eigenvalue weighted by Gasteiger charge is -2.24. The summed E-state index contributed by atoms with van der Waals surface area (Å²) in [6.07, 6.45) is 6.02. The molecule has 3 heterocycles. The van der Waals surface area contributed by atoms with Gasteiger partial charge < -0.3 is 49.5 Å². The summed E-state index contributed by atoms with van der Waals surface area (Å²) in [6.45, 7) is 0.0789. The van der Waals surface area contributed by atoms with Crippen LogP contribution in [0.2, 0.25) is 0 Å². The molecule has 2 aliphatic heterocycles. The SMILES string of the molecule is NCCCC[C@@H]1NC(=O)[C@H](CCCN=C(N)N)NC(=O)c2cccc3c(Nc4ccccc4)cc(nc23)-c2ccc(cc2)C/C=C/C[C@@H](C(N)=O)NC(=O)CNC1=O. The van der Waals surface area contributed by atoms with E-state index in [0.717, 1.165) is 16.8 Å².